The van der Waals surface area contributed by atoms with E-state index in [1.165, 1.54) is 6.07 Å². The minimum absolute atomic E-state index is 0.140. The Kier molecular flexibility index (Phi) is 4.50. The number of rotatable bonds is 3. The van der Waals surface area contributed by atoms with Crippen molar-refractivity contribution >= 4 is 28.8 Å². The lowest BCUT2D eigenvalue weighted by Crippen LogP contribution is -2.47. The molecule has 0 aliphatic carbocycles. The molecule has 1 saturated heterocycles. The van der Waals surface area contributed by atoms with Gasteiger partial charge < -0.3 is 10.5 Å². The van der Waals surface area contributed by atoms with Crippen LogP contribution in [-0.2, 0) is 11.3 Å². The van der Waals surface area contributed by atoms with E-state index in [4.69, 9.17) is 34.3 Å². The average Bonchev–Trinajstić information content (AvgIpc) is 2.34. The van der Waals surface area contributed by atoms with E-state index in [0.29, 0.717) is 24.7 Å². The minimum atomic E-state index is -0.395. The summed E-state index contributed by atoms with van der Waals surface area (Å²) in [6, 6.07) is 4.84. The molecule has 1 aliphatic heterocycles. The van der Waals surface area contributed by atoms with Crippen LogP contribution in [0.15, 0.2) is 18.2 Å². The summed E-state index contributed by atoms with van der Waals surface area (Å²) in [4.78, 5) is 2.50. The van der Waals surface area contributed by atoms with Gasteiger partial charge in [-0.05, 0) is 17.7 Å². The van der Waals surface area contributed by atoms with Crippen LogP contribution in [0.1, 0.15) is 5.56 Å². The second-order valence-electron chi connectivity index (χ2n) is 4.25. The minimum Gasteiger partial charge on any atom is -0.391 e. The zero-order chi connectivity index (χ0) is 13.1. The summed E-state index contributed by atoms with van der Waals surface area (Å²) in [6.07, 6.45) is -0.217. The molecule has 0 aromatic heterocycles. The van der Waals surface area contributed by atoms with Crippen LogP contribution < -0.4 is 5.73 Å². The highest BCUT2D eigenvalue weighted by molar-refractivity contribution is 7.80. The van der Waals surface area contributed by atoms with Crippen LogP contribution in [0.2, 0.25) is 5.02 Å². The summed E-state index contributed by atoms with van der Waals surface area (Å²) in [5.74, 6) is -0.395. The lowest BCUT2D eigenvalue weighted by Gasteiger charge is -2.32. The first-order valence-electron chi connectivity index (χ1n) is 5.63. The standard InChI is InChI=1S/C12H14ClFN2OS/c13-9-2-1-8(5-10(9)14)6-16-3-4-17-11(7-16)12(15)18/h1-2,5,11H,3-4,6-7H2,(H2,15,18). The molecular weight excluding hydrogens is 275 g/mol. The van der Waals surface area contributed by atoms with Gasteiger partial charge in [-0.15, -0.1) is 0 Å². The van der Waals surface area contributed by atoms with Gasteiger partial charge in [-0.2, -0.15) is 0 Å². The molecule has 98 valence electrons. The summed E-state index contributed by atoms with van der Waals surface area (Å²) in [5, 5.41) is 0.140. The molecule has 0 radical (unpaired) electrons. The van der Waals surface area contributed by atoms with Crippen molar-refractivity contribution in [3.63, 3.8) is 0 Å². The second-order valence-corrected chi connectivity index (χ2v) is 5.12. The maximum absolute atomic E-state index is 13.3. The number of hydrogen-bond donors (Lipinski definition) is 1. The Balaban J connectivity index is 2.00. The molecule has 0 saturated carbocycles. The number of nitrogens with two attached hydrogens (primary N) is 1. The number of ether oxygens (including phenoxy) is 1. The summed E-state index contributed by atoms with van der Waals surface area (Å²) < 4.78 is 18.8. The molecule has 1 aliphatic rings. The fourth-order valence-corrected chi connectivity index (χ4v) is 2.17. The van der Waals surface area contributed by atoms with E-state index in [-0.39, 0.29) is 11.1 Å². The molecule has 0 bridgehead atoms. The zero-order valence-electron chi connectivity index (χ0n) is 9.73. The van der Waals surface area contributed by atoms with Crippen molar-refractivity contribution in [1.29, 1.82) is 0 Å². The van der Waals surface area contributed by atoms with E-state index in [9.17, 15) is 4.39 Å². The van der Waals surface area contributed by atoms with Crippen molar-refractivity contribution in [2.45, 2.75) is 12.6 Å². The van der Waals surface area contributed by atoms with Crippen LogP contribution in [0.25, 0.3) is 0 Å². The summed E-state index contributed by atoms with van der Waals surface area (Å²) >= 11 is 10.6. The van der Waals surface area contributed by atoms with Gasteiger partial charge in [0, 0.05) is 19.6 Å². The van der Waals surface area contributed by atoms with Gasteiger partial charge in [-0.25, -0.2) is 4.39 Å². The van der Waals surface area contributed by atoms with Crippen LogP contribution in [0.4, 0.5) is 4.39 Å². The van der Waals surface area contributed by atoms with E-state index in [1.54, 1.807) is 6.07 Å². The van der Waals surface area contributed by atoms with E-state index >= 15 is 0 Å². The number of halogens is 2. The molecule has 3 nitrogen and oxygen atoms in total. The lowest BCUT2D eigenvalue weighted by atomic mass is 10.2. The fraction of sp³-hybridized carbons (Fsp3) is 0.417. The van der Waals surface area contributed by atoms with Gasteiger partial charge >= 0.3 is 0 Å². The first kappa shape index (κ1) is 13.7. The molecule has 18 heavy (non-hydrogen) atoms. The van der Waals surface area contributed by atoms with Crippen LogP contribution in [0.3, 0.4) is 0 Å². The van der Waals surface area contributed by atoms with Gasteiger partial charge in [-0.3, -0.25) is 4.90 Å². The Hall–Kier alpha value is -0.750. The largest absolute Gasteiger partial charge is 0.391 e. The first-order chi connectivity index (χ1) is 8.56. The van der Waals surface area contributed by atoms with Gasteiger partial charge in [0.15, 0.2) is 0 Å². The van der Waals surface area contributed by atoms with Gasteiger partial charge in [-0.1, -0.05) is 29.9 Å². The molecule has 2 rings (SSSR count). The molecule has 1 aromatic rings. The van der Waals surface area contributed by atoms with Crippen LogP contribution in [0, 0.1) is 5.82 Å². The Morgan fingerprint density at radius 1 is 1.61 bits per heavy atom. The lowest BCUT2D eigenvalue weighted by molar-refractivity contribution is 0.00388. The highest BCUT2D eigenvalue weighted by Crippen LogP contribution is 2.17. The van der Waals surface area contributed by atoms with Gasteiger partial charge in [0.1, 0.15) is 16.9 Å². The summed E-state index contributed by atoms with van der Waals surface area (Å²) in [6.45, 7) is 2.64. The topological polar surface area (TPSA) is 38.5 Å². The highest BCUT2D eigenvalue weighted by Gasteiger charge is 2.22. The molecule has 0 spiro atoms. The van der Waals surface area contributed by atoms with Gasteiger partial charge in [0.2, 0.25) is 0 Å². The third-order valence-corrected chi connectivity index (χ3v) is 3.43. The molecular formula is C12H14ClFN2OS. The molecule has 2 N–H and O–H groups in total. The van der Waals surface area contributed by atoms with Crippen molar-refractivity contribution in [2.24, 2.45) is 5.73 Å². The van der Waals surface area contributed by atoms with E-state index < -0.39 is 5.82 Å². The normalized spacial score (nSPS) is 20.9. The van der Waals surface area contributed by atoms with Crippen LogP contribution in [-0.4, -0.2) is 35.7 Å². The van der Waals surface area contributed by atoms with Crippen molar-refractivity contribution in [3.05, 3.63) is 34.6 Å². The van der Waals surface area contributed by atoms with Crippen molar-refractivity contribution in [2.75, 3.05) is 19.7 Å². The molecule has 1 heterocycles. The molecule has 1 unspecified atom stereocenters. The summed E-state index contributed by atoms with van der Waals surface area (Å²) in [5.41, 5.74) is 6.44. The predicted molar refractivity (Wildman–Crippen MR) is 73.2 cm³/mol. The second kappa shape index (κ2) is 5.93. The van der Waals surface area contributed by atoms with Crippen molar-refractivity contribution in [1.82, 2.24) is 4.90 Å². The Morgan fingerprint density at radius 2 is 2.39 bits per heavy atom. The maximum atomic E-state index is 13.3. The monoisotopic (exact) mass is 288 g/mol. The van der Waals surface area contributed by atoms with Crippen LogP contribution in [0.5, 0.6) is 0 Å². The number of morpholine rings is 1. The number of thiocarbonyl (C=S) groups is 1. The molecule has 0 amide bonds. The first-order valence-corrected chi connectivity index (χ1v) is 6.42. The Morgan fingerprint density at radius 3 is 3.06 bits per heavy atom. The third-order valence-electron chi connectivity index (χ3n) is 2.86. The SMILES string of the molecule is NC(=S)C1CN(Cc2ccc(Cl)c(F)c2)CCO1. The smallest absolute Gasteiger partial charge is 0.142 e. The predicted octanol–water partition coefficient (Wildman–Crippen LogP) is 1.97. The Bertz CT molecular complexity index is 458. The van der Waals surface area contributed by atoms with Gasteiger partial charge in [0.05, 0.1) is 11.6 Å². The van der Waals surface area contributed by atoms with Crippen molar-refractivity contribution < 1.29 is 9.13 Å². The van der Waals surface area contributed by atoms with Crippen molar-refractivity contribution in [3.8, 4) is 0 Å². The fourth-order valence-electron chi connectivity index (χ4n) is 1.91. The highest BCUT2D eigenvalue weighted by atomic mass is 35.5. The van der Waals surface area contributed by atoms with E-state index in [1.807, 2.05) is 6.07 Å². The molecule has 1 aromatic carbocycles. The number of hydrogen-bond acceptors (Lipinski definition) is 3. The van der Waals surface area contributed by atoms with Gasteiger partial charge in [0.25, 0.3) is 0 Å². The zero-order valence-corrected chi connectivity index (χ0v) is 11.3. The summed E-state index contributed by atoms with van der Waals surface area (Å²) in [7, 11) is 0. The molecule has 1 atom stereocenters. The number of benzene rings is 1. The Labute approximate surface area is 116 Å². The quantitative estimate of drug-likeness (QED) is 0.863. The average molecular weight is 289 g/mol. The third kappa shape index (κ3) is 3.38. The van der Waals surface area contributed by atoms with E-state index in [0.717, 1.165) is 12.1 Å². The maximum Gasteiger partial charge on any atom is 0.142 e. The molecule has 1 fully saturated rings. The number of nitrogens with zero attached hydrogens (tertiary/aromatic N) is 1. The van der Waals surface area contributed by atoms with Crippen LogP contribution >= 0.6 is 23.8 Å². The molecule has 6 heteroatoms. The van der Waals surface area contributed by atoms with E-state index in [2.05, 4.69) is 4.90 Å².